The van der Waals surface area contributed by atoms with Crippen LogP contribution in [0, 0.1) is 5.92 Å². The molecule has 0 aliphatic carbocycles. The van der Waals surface area contributed by atoms with Gasteiger partial charge in [-0.05, 0) is 5.92 Å². The number of rotatable bonds is 3. The second-order valence-electron chi connectivity index (χ2n) is 3.59. The predicted octanol–water partition coefficient (Wildman–Crippen LogP) is 2.98. The second-order valence-corrected chi connectivity index (χ2v) is 3.59. The van der Waals surface area contributed by atoms with Crippen molar-refractivity contribution in [1.29, 1.82) is 0 Å². The highest BCUT2D eigenvalue weighted by molar-refractivity contribution is 6.39. The number of hydrogen-bond donors (Lipinski definition) is 0. The molecule has 0 aliphatic heterocycles. The van der Waals surface area contributed by atoms with Crippen molar-refractivity contribution in [2.45, 2.75) is 46.3 Å². The van der Waals surface area contributed by atoms with Crippen molar-refractivity contribution in [3.05, 3.63) is 0 Å². The largest absolute Gasteiger partial charge is 0.117 e. The monoisotopic (exact) mass is 125 g/mol. The minimum absolute atomic E-state index is 0.425. The van der Waals surface area contributed by atoms with Crippen molar-refractivity contribution in [1.82, 2.24) is 0 Å². The molecule has 0 saturated heterocycles. The minimum atomic E-state index is 0.425. The topological polar surface area (TPSA) is 0 Å². The van der Waals surface area contributed by atoms with Crippen LogP contribution in [0.25, 0.3) is 0 Å². The van der Waals surface area contributed by atoms with Crippen LogP contribution in [0.2, 0.25) is 11.6 Å². The van der Waals surface area contributed by atoms with E-state index in [4.69, 9.17) is 0 Å². The van der Waals surface area contributed by atoms with Crippen molar-refractivity contribution < 1.29 is 0 Å². The summed E-state index contributed by atoms with van der Waals surface area (Å²) in [5.41, 5.74) is 0. The molecule has 0 aliphatic rings. The van der Waals surface area contributed by atoms with Gasteiger partial charge in [-0.1, -0.05) is 46.3 Å². The van der Waals surface area contributed by atoms with Crippen LogP contribution in [0.5, 0.6) is 0 Å². The molecule has 0 aromatic heterocycles. The van der Waals surface area contributed by atoms with Crippen molar-refractivity contribution in [3.63, 3.8) is 0 Å². The Labute approximate surface area is 60.3 Å². The molecule has 0 bridgehead atoms. The predicted molar refractivity (Wildman–Crippen MR) is 45.1 cm³/mol. The van der Waals surface area contributed by atoms with Gasteiger partial charge in [0.2, 0.25) is 0 Å². The Morgan fingerprint density at radius 1 is 1.33 bits per heavy atom. The van der Waals surface area contributed by atoms with Crippen molar-refractivity contribution in [2.75, 3.05) is 0 Å². The van der Waals surface area contributed by atoms with Gasteiger partial charge in [0.05, 0.1) is 0 Å². The van der Waals surface area contributed by atoms with Crippen LogP contribution in [0.3, 0.4) is 0 Å². The fourth-order valence-corrected chi connectivity index (χ4v) is 0.762. The summed E-state index contributed by atoms with van der Waals surface area (Å²) in [5.74, 6) is 0.762. The quantitative estimate of drug-likeness (QED) is 0.508. The number of hydrogen-bond acceptors (Lipinski definition) is 0. The molecule has 0 heterocycles. The lowest BCUT2D eigenvalue weighted by Gasteiger charge is -2.27. The van der Waals surface area contributed by atoms with Crippen LogP contribution in [0.4, 0.5) is 0 Å². The van der Waals surface area contributed by atoms with E-state index >= 15 is 0 Å². The Kier molecular flexibility index (Phi) is 3.31. The van der Waals surface area contributed by atoms with Gasteiger partial charge in [-0.2, -0.15) is 0 Å². The van der Waals surface area contributed by atoms with Gasteiger partial charge in [-0.3, -0.25) is 0 Å². The smallest absolute Gasteiger partial charge is 0.0824 e. The first kappa shape index (κ1) is 9.06. The molecule has 0 spiro atoms. The third-order valence-corrected chi connectivity index (χ3v) is 2.22. The molecule has 1 radical (unpaired) electrons. The molecule has 0 nitrogen and oxygen atoms in total. The average Bonchev–Trinajstić information content (AvgIpc) is 1.65. The summed E-state index contributed by atoms with van der Waals surface area (Å²) in [6, 6.07) is 0. The second kappa shape index (κ2) is 3.29. The highest BCUT2D eigenvalue weighted by atomic mass is 14.2. The maximum absolute atomic E-state index is 2.39. The van der Waals surface area contributed by atoms with Gasteiger partial charge in [0.1, 0.15) is 7.28 Å². The highest BCUT2D eigenvalue weighted by Gasteiger charge is 2.21. The molecule has 0 rings (SSSR count). The first-order chi connectivity index (χ1) is 4.00. The zero-order chi connectivity index (χ0) is 7.49. The normalized spacial score (nSPS) is 12.2. The van der Waals surface area contributed by atoms with Crippen LogP contribution < -0.4 is 0 Å². The van der Waals surface area contributed by atoms with Crippen molar-refractivity contribution in [3.8, 4) is 0 Å². The van der Waals surface area contributed by atoms with Crippen LogP contribution >= 0.6 is 0 Å². The maximum Gasteiger partial charge on any atom is 0.117 e. The summed E-state index contributed by atoms with van der Waals surface area (Å²) in [5, 5.41) is 0.425. The van der Waals surface area contributed by atoms with Gasteiger partial charge in [-0.25, -0.2) is 0 Å². The first-order valence-electron chi connectivity index (χ1n) is 3.85. The SMILES string of the molecule is CC[B]C(C)(C)C(C)C. The Bertz CT molecular complexity index is 74.6. The zero-order valence-electron chi connectivity index (χ0n) is 7.36. The summed E-state index contributed by atoms with van der Waals surface area (Å²) in [7, 11) is 2.39. The fourth-order valence-electron chi connectivity index (χ4n) is 0.762. The Morgan fingerprint density at radius 3 is 1.89 bits per heavy atom. The lowest BCUT2D eigenvalue weighted by atomic mass is 9.48. The molecule has 0 fully saturated rings. The van der Waals surface area contributed by atoms with E-state index in [0.717, 1.165) is 5.92 Å². The third kappa shape index (κ3) is 2.93. The van der Waals surface area contributed by atoms with Gasteiger partial charge in [0.15, 0.2) is 0 Å². The molecule has 53 valence electrons. The summed E-state index contributed by atoms with van der Waals surface area (Å²) >= 11 is 0. The summed E-state index contributed by atoms with van der Waals surface area (Å²) < 4.78 is 0. The van der Waals surface area contributed by atoms with Gasteiger partial charge in [0.25, 0.3) is 0 Å². The summed E-state index contributed by atoms with van der Waals surface area (Å²) in [4.78, 5) is 0. The molecule has 0 aromatic carbocycles. The van der Waals surface area contributed by atoms with Crippen LogP contribution in [-0.4, -0.2) is 7.28 Å². The molecule has 0 aromatic rings. The Balaban J connectivity index is 3.70. The van der Waals surface area contributed by atoms with Gasteiger partial charge < -0.3 is 0 Å². The van der Waals surface area contributed by atoms with E-state index in [-0.39, 0.29) is 0 Å². The van der Waals surface area contributed by atoms with E-state index in [2.05, 4.69) is 41.9 Å². The third-order valence-electron chi connectivity index (χ3n) is 2.22. The van der Waals surface area contributed by atoms with Gasteiger partial charge in [0, 0.05) is 0 Å². The van der Waals surface area contributed by atoms with E-state index in [1.165, 1.54) is 6.32 Å². The van der Waals surface area contributed by atoms with Crippen LogP contribution in [0.15, 0.2) is 0 Å². The molecular weight excluding hydrogens is 107 g/mol. The Morgan fingerprint density at radius 2 is 1.78 bits per heavy atom. The Hall–Kier alpha value is 0.0649. The molecule has 0 N–H and O–H groups in total. The standard InChI is InChI=1S/C8H18B/c1-6-9-8(4,5)7(2)3/h7H,6H2,1-5H3. The first-order valence-corrected chi connectivity index (χ1v) is 3.85. The van der Waals surface area contributed by atoms with Gasteiger partial charge >= 0.3 is 0 Å². The average molecular weight is 125 g/mol. The molecule has 1 heteroatoms. The van der Waals surface area contributed by atoms with Gasteiger partial charge in [-0.15, -0.1) is 0 Å². The molecular formula is C8H18B. The molecule has 0 unspecified atom stereocenters. The van der Waals surface area contributed by atoms with E-state index < -0.39 is 0 Å². The summed E-state index contributed by atoms with van der Waals surface area (Å²) in [6.07, 6.45) is 1.19. The molecule has 9 heavy (non-hydrogen) atoms. The van der Waals surface area contributed by atoms with E-state index in [1.807, 2.05) is 0 Å². The van der Waals surface area contributed by atoms with Crippen LogP contribution in [-0.2, 0) is 0 Å². The summed E-state index contributed by atoms with van der Waals surface area (Å²) in [6.45, 7) is 11.3. The van der Waals surface area contributed by atoms with E-state index in [1.54, 1.807) is 0 Å². The fraction of sp³-hybridized carbons (Fsp3) is 1.00. The van der Waals surface area contributed by atoms with Crippen molar-refractivity contribution in [2.24, 2.45) is 5.92 Å². The van der Waals surface area contributed by atoms with Crippen molar-refractivity contribution >= 4 is 7.28 Å². The lowest BCUT2D eigenvalue weighted by molar-refractivity contribution is 0.473. The highest BCUT2D eigenvalue weighted by Crippen LogP contribution is 2.33. The van der Waals surface area contributed by atoms with E-state index in [9.17, 15) is 0 Å². The molecule has 0 atom stereocenters. The lowest BCUT2D eigenvalue weighted by Crippen LogP contribution is -2.18. The van der Waals surface area contributed by atoms with E-state index in [0.29, 0.717) is 5.31 Å². The molecule has 0 amide bonds. The zero-order valence-corrected chi connectivity index (χ0v) is 7.36. The maximum atomic E-state index is 2.39. The molecule has 0 saturated carbocycles. The minimum Gasteiger partial charge on any atom is -0.0824 e. The van der Waals surface area contributed by atoms with Crippen LogP contribution in [0.1, 0.15) is 34.6 Å².